The van der Waals surface area contributed by atoms with Gasteiger partial charge in [-0.2, -0.15) is 13.2 Å². The summed E-state index contributed by atoms with van der Waals surface area (Å²) < 4.78 is 40.6. The van der Waals surface area contributed by atoms with Gasteiger partial charge in [-0.15, -0.1) is 0 Å². The summed E-state index contributed by atoms with van der Waals surface area (Å²) in [5.41, 5.74) is 0.542. The van der Waals surface area contributed by atoms with E-state index in [0.29, 0.717) is 0 Å². The van der Waals surface area contributed by atoms with Crippen LogP contribution in [0.25, 0.3) is 22.3 Å². The molecule has 1 aromatic heterocycles. The Labute approximate surface area is 166 Å². The topological polar surface area (TPSA) is 133 Å². The Morgan fingerprint density at radius 2 is 1.33 bits per heavy atom. The number of benzene rings is 2. The van der Waals surface area contributed by atoms with Gasteiger partial charge >= 0.3 is 18.1 Å². The van der Waals surface area contributed by atoms with Crippen molar-refractivity contribution in [1.29, 1.82) is 0 Å². The number of carbonyl (C=O) groups is 2. The number of alkyl halides is 3. The molecule has 2 aromatic carbocycles. The Morgan fingerprint density at radius 1 is 0.833 bits per heavy atom. The molecule has 30 heavy (non-hydrogen) atoms. The maximum absolute atomic E-state index is 13.5. The number of halogens is 3. The van der Waals surface area contributed by atoms with E-state index in [4.69, 9.17) is 5.73 Å². The van der Waals surface area contributed by atoms with Gasteiger partial charge in [-0.05, 0) is 22.8 Å². The van der Waals surface area contributed by atoms with Crippen molar-refractivity contribution in [2.75, 3.05) is 5.73 Å². The number of nitrogens with two attached hydrogens (primary N) is 1. The van der Waals surface area contributed by atoms with Gasteiger partial charge in [-0.3, -0.25) is 4.79 Å². The Bertz CT molecular complexity index is 1230. The lowest BCUT2D eigenvalue weighted by Gasteiger charge is -2.18. The fourth-order valence-electron chi connectivity index (χ4n) is 3.22. The highest BCUT2D eigenvalue weighted by Gasteiger charge is 2.35. The molecule has 0 bridgehead atoms. The Kier molecular flexibility index (Phi) is 5.09. The average molecular weight is 418 g/mol. The van der Waals surface area contributed by atoms with Crippen molar-refractivity contribution < 1.29 is 33.0 Å². The van der Waals surface area contributed by atoms with E-state index in [2.05, 4.69) is 0 Å². The molecule has 1 heterocycles. The molecule has 154 valence electrons. The van der Waals surface area contributed by atoms with Crippen LogP contribution >= 0.6 is 0 Å². The summed E-state index contributed by atoms with van der Waals surface area (Å²) in [4.78, 5) is 37.7. The van der Waals surface area contributed by atoms with Crippen LogP contribution in [0.4, 0.5) is 19.0 Å². The first kappa shape index (κ1) is 20.6. The molecule has 0 aliphatic rings. The number of carboxylic acids is 2. The number of carboxylic acid groups (broad SMARTS) is 2. The van der Waals surface area contributed by atoms with E-state index >= 15 is 0 Å². The molecule has 0 atom stereocenters. The smallest absolute Gasteiger partial charge is 0.417 e. The molecule has 3 rings (SSSR count). The van der Waals surface area contributed by atoms with Crippen molar-refractivity contribution in [3.05, 3.63) is 75.6 Å². The summed E-state index contributed by atoms with van der Waals surface area (Å²) in [5.74, 6) is -4.03. The molecular formula is C20H13F3N2O5. The lowest BCUT2D eigenvalue weighted by atomic mass is 9.87. The zero-order valence-corrected chi connectivity index (χ0v) is 14.9. The van der Waals surface area contributed by atoms with Gasteiger partial charge < -0.3 is 20.9 Å². The lowest BCUT2D eigenvalue weighted by molar-refractivity contribution is -0.137. The van der Waals surface area contributed by atoms with E-state index in [9.17, 15) is 37.8 Å². The molecule has 0 aliphatic heterocycles. The number of hydrogen-bond donors (Lipinski definition) is 4. The van der Waals surface area contributed by atoms with Crippen molar-refractivity contribution in [3.8, 4) is 22.3 Å². The number of pyridine rings is 1. The first-order chi connectivity index (χ1) is 14.0. The summed E-state index contributed by atoms with van der Waals surface area (Å²) in [7, 11) is 0. The number of nitrogens with one attached hydrogen (secondary N) is 1. The summed E-state index contributed by atoms with van der Waals surface area (Å²) >= 11 is 0. The maximum Gasteiger partial charge on any atom is 0.417 e. The van der Waals surface area contributed by atoms with Gasteiger partial charge in [0.15, 0.2) is 0 Å². The third-order valence-electron chi connectivity index (χ3n) is 4.39. The fraction of sp³-hybridized carbons (Fsp3) is 0.0500. The highest BCUT2D eigenvalue weighted by molar-refractivity contribution is 6.09. The predicted octanol–water partition coefficient (Wildman–Crippen LogP) is 3.71. The molecule has 5 N–H and O–H groups in total. The van der Waals surface area contributed by atoms with Crippen molar-refractivity contribution in [2.24, 2.45) is 0 Å². The number of aromatic amines is 1. The molecule has 3 aromatic rings. The highest BCUT2D eigenvalue weighted by atomic mass is 19.4. The summed E-state index contributed by atoms with van der Waals surface area (Å²) in [6, 6.07) is 9.83. The van der Waals surface area contributed by atoms with Crippen LogP contribution in [0.3, 0.4) is 0 Å². The summed E-state index contributed by atoms with van der Waals surface area (Å²) in [6.07, 6.45) is -4.73. The number of H-pyrrole nitrogens is 1. The van der Waals surface area contributed by atoms with Gasteiger partial charge in [-0.1, -0.05) is 42.5 Å². The minimum atomic E-state index is -4.73. The standard InChI is InChI=1S/C20H13F3N2O5/c21-20(22,23)12-8-4-3-6-10(12)9-5-1-2-7-11(9)13-14(18(27)28)16(24)25-17(26)15(13)19(29)30/h1-8H,(H,27,28)(H,29,30)(H3,24,25,26). The maximum atomic E-state index is 13.5. The van der Waals surface area contributed by atoms with E-state index in [0.717, 1.165) is 6.07 Å². The fourth-order valence-corrected chi connectivity index (χ4v) is 3.22. The second-order valence-electron chi connectivity index (χ2n) is 6.19. The minimum Gasteiger partial charge on any atom is -0.478 e. The molecule has 0 spiro atoms. The molecular weight excluding hydrogens is 405 g/mol. The predicted molar refractivity (Wildman–Crippen MR) is 101 cm³/mol. The first-order valence-electron chi connectivity index (χ1n) is 8.32. The normalized spacial score (nSPS) is 11.3. The van der Waals surface area contributed by atoms with Crippen LogP contribution in [-0.4, -0.2) is 27.1 Å². The molecule has 0 saturated carbocycles. The van der Waals surface area contributed by atoms with Crippen molar-refractivity contribution in [2.45, 2.75) is 6.18 Å². The number of rotatable bonds is 4. The van der Waals surface area contributed by atoms with Crippen LogP contribution in [0.5, 0.6) is 0 Å². The van der Waals surface area contributed by atoms with Crippen LogP contribution in [0.15, 0.2) is 53.3 Å². The molecule has 0 unspecified atom stereocenters. The van der Waals surface area contributed by atoms with Gasteiger partial charge in [0.25, 0.3) is 5.56 Å². The highest BCUT2D eigenvalue weighted by Crippen LogP contribution is 2.42. The molecule has 0 radical (unpaired) electrons. The number of aromatic carboxylic acids is 2. The Morgan fingerprint density at radius 3 is 1.87 bits per heavy atom. The van der Waals surface area contributed by atoms with Crippen LogP contribution < -0.4 is 11.3 Å². The van der Waals surface area contributed by atoms with E-state index in [1.165, 1.54) is 42.5 Å². The van der Waals surface area contributed by atoms with Gasteiger partial charge in [0.05, 0.1) is 5.56 Å². The molecule has 10 heteroatoms. The SMILES string of the molecule is Nc1[nH]c(=O)c(C(=O)O)c(-c2ccccc2-c2ccccc2C(F)(F)F)c1C(=O)O. The van der Waals surface area contributed by atoms with Crippen molar-refractivity contribution in [3.63, 3.8) is 0 Å². The summed E-state index contributed by atoms with van der Waals surface area (Å²) in [6.45, 7) is 0. The Balaban J connectivity index is 2.50. The lowest BCUT2D eigenvalue weighted by Crippen LogP contribution is -2.24. The largest absolute Gasteiger partial charge is 0.478 e. The van der Waals surface area contributed by atoms with E-state index in [-0.39, 0.29) is 16.7 Å². The van der Waals surface area contributed by atoms with Crippen LogP contribution in [0.2, 0.25) is 0 Å². The second kappa shape index (κ2) is 7.39. The summed E-state index contributed by atoms with van der Waals surface area (Å²) in [5, 5.41) is 19.1. The molecule has 0 saturated heterocycles. The van der Waals surface area contributed by atoms with Gasteiger partial charge in [0.2, 0.25) is 0 Å². The molecule has 0 aliphatic carbocycles. The first-order valence-corrected chi connectivity index (χ1v) is 8.32. The average Bonchev–Trinajstić information content (AvgIpc) is 2.66. The third-order valence-corrected chi connectivity index (χ3v) is 4.39. The van der Waals surface area contributed by atoms with Gasteiger partial charge in [0, 0.05) is 5.56 Å². The number of hydrogen-bond acceptors (Lipinski definition) is 4. The van der Waals surface area contributed by atoms with Crippen LogP contribution in [0, 0.1) is 0 Å². The van der Waals surface area contributed by atoms with Gasteiger partial charge in [0.1, 0.15) is 16.9 Å². The van der Waals surface area contributed by atoms with Crippen LogP contribution in [0.1, 0.15) is 26.3 Å². The quantitative estimate of drug-likeness (QED) is 0.511. The number of nitrogen functional groups attached to an aromatic ring is 1. The molecule has 0 fully saturated rings. The van der Waals surface area contributed by atoms with Crippen molar-refractivity contribution in [1.82, 2.24) is 4.98 Å². The molecule has 0 amide bonds. The van der Waals surface area contributed by atoms with E-state index in [1.54, 1.807) is 0 Å². The van der Waals surface area contributed by atoms with Gasteiger partial charge in [-0.25, -0.2) is 9.59 Å². The molecule has 7 nitrogen and oxygen atoms in total. The van der Waals surface area contributed by atoms with Crippen molar-refractivity contribution >= 4 is 17.8 Å². The zero-order valence-electron chi connectivity index (χ0n) is 14.9. The number of anilines is 1. The monoisotopic (exact) mass is 418 g/mol. The van der Waals surface area contributed by atoms with Crippen LogP contribution in [-0.2, 0) is 6.18 Å². The zero-order chi connectivity index (χ0) is 22.2. The number of aromatic nitrogens is 1. The second-order valence-corrected chi connectivity index (χ2v) is 6.19. The van der Waals surface area contributed by atoms with E-state index in [1.807, 2.05) is 4.98 Å². The Hall–Kier alpha value is -4.08. The third kappa shape index (κ3) is 3.50. The minimum absolute atomic E-state index is 0.111. The van der Waals surface area contributed by atoms with E-state index < -0.39 is 51.7 Å².